The van der Waals surface area contributed by atoms with E-state index in [9.17, 15) is 5.11 Å². The summed E-state index contributed by atoms with van der Waals surface area (Å²) in [7, 11) is 0. The number of ether oxygens (including phenoxy) is 1. The molecular weight excluding hydrogens is 260 g/mol. The lowest BCUT2D eigenvalue weighted by Gasteiger charge is -2.38. The van der Waals surface area contributed by atoms with Gasteiger partial charge in [-0.2, -0.15) is 0 Å². The van der Waals surface area contributed by atoms with E-state index in [1.165, 1.54) is 11.1 Å². The van der Waals surface area contributed by atoms with Crippen LogP contribution in [-0.4, -0.2) is 10.7 Å². The largest absolute Gasteiger partial charge is 0.507 e. The van der Waals surface area contributed by atoms with E-state index < -0.39 is 0 Å². The minimum absolute atomic E-state index is 0.0942. The Morgan fingerprint density at radius 2 is 1.90 bits per heavy atom. The maximum atomic E-state index is 10.2. The van der Waals surface area contributed by atoms with E-state index in [1.807, 2.05) is 20.8 Å². The van der Waals surface area contributed by atoms with Crippen molar-refractivity contribution in [1.29, 1.82) is 0 Å². The lowest BCUT2D eigenvalue weighted by atomic mass is 9.84. The molecule has 0 saturated heterocycles. The van der Waals surface area contributed by atoms with Crippen molar-refractivity contribution in [3.05, 3.63) is 34.4 Å². The quantitative estimate of drug-likeness (QED) is 0.777. The first-order valence-corrected chi connectivity index (χ1v) is 7.90. The first kappa shape index (κ1) is 15.9. The van der Waals surface area contributed by atoms with Crippen LogP contribution in [0.2, 0.25) is 0 Å². The lowest BCUT2D eigenvalue weighted by molar-refractivity contribution is 0.0530. The Morgan fingerprint density at radius 3 is 2.52 bits per heavy atom. The minimum Gasteiger partial charge on any atom is -0.507 e. The van der Waals surface area contributed by atoms with Gasteiger partial charge in [-0.25, -0.2) is 0 Å². The van der Waals surface area contributed by atoms with Crippen molar-refractivity contribution in [3.63, 3.8) is 0 Å². The van der Waals surface area contributed by atoms with E-state index in [2.05, 4.69) is 20.4 Å². The summed E-state index contributed by atoms with van der Waals surface area (Å²) in [5.41, 5.74) is 5.34. The average Bonchev–Trinajstić information content (AvgIpc) is 2.42. The molecule has 1 N–H and O–H groups in total. The number of phenolic OH excluding ortho intramolecular Hbond substituents is 1. The zero-order chi connectivity index (χ0) is 15.8. The van der Waals surface area contributed by atoms with Gasteiger partial charge in [0.15, 0.2) is 0 Å². The van der Waals surface area contributed by atoms with Gasteiger partial charge in [0.25, 0.3) is 0 Å². The predicted octanol–water partition coefficient (Wildman–Crippen LogP) is 5.15. The molecule has 1 aliphatic heterocycles. The second kappa shape index (κ2) is 5.75. The van der Waals surface area contributed by atoms with Crippen LogP contribution in [0.15, 0.2) is 12.2 Å². The molecule has 2 heteroatoms. The normalized spacial score (nSPS) is 20.8. The summed E-state index contributed by atoms with van der Waals surface area (Å²) in [5.74, 6) is 1.44. The maximum Gasteiger partial charge on any atom is 0.127 e. The molecule has 2 rings (SSSR count). The number of rotatable bonds is 4. The Bertz CT molecular complexity index is 572. The van der Waals surface area contributed by atoms with E-state index in [1.54, 1.807) is 0 Å². The van der Waals surface area contributed by atoms with Gasteiger partial charge in [-0.15, -0.1) is 6.58 Å². The molecule has 1 aromatic carbocycles. The van der Waals surface area contributed by atoms with Crippen LogP contribution in [0.3, 0.4) is 0 Å². The third-order valence-electron chi connectivity index (χ3n) is 4.90. The van der Waals surface area contributed by atoms with Crippen LogP contribution in [0.1, 0.15) is 61.8 Å². The molecule has 0 spiro atoms. The van der Waals surface area contributed by atoms with Gasteiger partial charge in [0.05, 0.1) is 0 Å². The highest BCUT2D eigenvalue weighted by molar-refractivity contribution is 5.58. The van der Waals surface area contributed by atoms with Crippen molar-refractivity contribution in [2.75, 3.05) is 0 Å². The Labute approximate surface area is 128 Å². The summed E-state index contributed by atoms with van der Waals surface area (Å²) in [5, 5.41) is 10.2. The second-order valence-corrected chi connectivity index (χ2v) is 6.89. The van der Waals surface area contributed by atoms with Crippen LogP contribution in [0, 0.1) is 20.8 Å². The number of allylic oxidation sites excluding steroid dienone is 1. The third kappa shape index (κ3) is 3.09. The molecule has 0 radical (unpaired) electrons. The standard InChI is InChI=1S/C19H28O2/c1-12(2)8-7-10-19(6)11-9-16-15(5)17(20)13(3)14(4)18(16)21-19/h20H,1,7-11H2,2-6H3. The summed E-state index contributed by atoms with van der Waals surface area (Å²) < 4.78 is 6.41. The fourth-order valence-electron chi connectivity index (χ4n) is 3.23. The molecule has 1 heterocycles. The Morgan fingerprint density at radius 1 is 1.24 bits per heavy atom. The molecule has 21 heavy (non-hydrogen) atoms. The van der Waals surface area contributed by atoms with Crippen LogP contribution in [0.5, 0.6) is 11.5 Å². The number of fused-ring (bicyclic) bond motifs is 1. The lowest BCUT2D eigenvalue weighted by Crippen LogP contribution is -2.37. The highest BCUT2D eigenvalue weighted by atomic mass is 16.5. The summed E-state index contributed by atoms with van der Waals surface area (Å²) in [4.78, 5) is 0. The first-order chi connectivity index (χ1) is 9.75. The number of phenols is 1. The molecule has 1 aliphatic rings. The van der Waals surface area contributed by atoms with Crippen LogP contribution >= 0.6 is 0 Å². The Hall–Kier alpha value is -1.44. The van der Waals surface area contributed by atoms with Crippen LogP contribution < -0.4 is 4.74 Å². The van der Waals surface area contributed by atoms with Crippen molar-refractivity contribution in [2.24, 2.45) is 0 Å². The smallest absolute Gasteiger partial charge is 0.127 e. The van der Waals surface area contributed by atoms with E-state index >= 15 is 0 Å². The van der Waals surface area contributed by atoms with E-state index in [4.69, 9.17) is 4.74 Å². The highest BCUT2D eigenvalue weighted by Crippen LogP contribution is 2.44. The van der Waals surface area contributed by atoms with Crippen molar-refractivity contribution in [3.8, 4) is 11.5 Å². The van der Waals surface area contributed by atoms with Gasteiger partial charge in [-0.3, -0.25) is 0 Å². The van der Waals surface area contributed by atoms with Gasteiger partial charge in [0.1, 0.15) is 17.1 Å². The molecule has 1 unspecified atom stereocenters. The molecule has 0 aromatic heterocycles. The van der Waals surface area contributed by atoms with Crippen molar-refractivity contribution in [1.82, 2.24) is 0 Å². The van der Waals surface area contributed by atoms with Crippen molar-refractivity contribution < 1.29 is 9.84 Å². The van der Waals surface area contributed by atoms with Crippen LogP contribution in [0.25, 0.3) is 0 Å². The number of benzene rings is 1. The monoisotopic (exact) mass is 288 g/mol. The predicted molar refractivity (Wildman–Crippen MR) is 88.3 cm³/mol. The van der Waals surface area contributed by atoms with Crippen LogP contribution in [0.4, 0.5) is 0 Å². The van der Waals surface area contributed by atoms with Gasteiger partial charge in [-0.05, 0) is 83.4 Å². The number of aromatic hydroxyl groups is 1. The van der Waals surface area contributed by atoms with E-state index in [0.29, 0.717) is 5.75 Å². The van der Waals surface area contributed by atoms with E-state index in [0.717, 1.165) is 54.5 Å². The second-order valence-electron chi connectivity index (χ2n) is 6.89. The molecule has 0 saturated carbocycles. The van der Waals surface area contributed by atoms with Gasteiger partial charge in [0.2, 0.25) is 0 Å². The molecule has 0 fully saturated rings. The fraction of sp³-hybridized carbons (Fsp3) is 0.579. The van der Waals surface area contributed by atoms with Gasteiger partial charge >= 0.3 is 0 Å². The van der Waals surface area contributed by atoms with Crippen LogP contribution in [-0.2, 0) is 6.42 Å². The molecule has 0 aliphatic carbocycles. The maximum absolute atomic E-state index is 10.2. The minimum atomic E-state index is -0.0942. The first-order valence-electron chi connectivity index (χ1n) is 7.90. The summed E-state index contributed by atoms with van der Waals surface area (Å²) in [6.45, 7) is 14.3. The number of hydrogen-bond acceptors (Lipinski definition) is 2. The molecule has 0 amide bonds. The van der Waals surface area contributed by atoms with Crippen molar-refractivity contribution >= 4 is 0 Å². The number of hydrogen-bond donors (Lipinski definition) is 1. The Kier molecular flexibility index (Phi) is 4.36. The molecule has 0 bridgehead atoms. The fourth-order valence-corrected chi connectivity index (χ4v) is 3.23. The summed E-state index contributed by atoms with van der Waals surface area (Å²) in [6.07, 6.45) is 5.24. The zero-order valence-corrected chi connectivity index (χ0v) is 14.1. The molecule has 1 aromatic rings. The average molecular weight is 288 g/mol. The van der Waals surface area contributed by atoms with Gasteiger partial charge < -0.3 is 9.84 Å². The van der Waals surface area contributed by atoms with Crippen molar-refractivity contribution in [2.45, 2.75) is 72.3 Å². The molecular formula is C19H28O2. The Balaban J connectivity index is 2.25. The third-order valence-corrected chi connectivity index (χ3v) is 4.90. The molecule has 1 atom stereocenters. The SMILES string of the molecule is C=C(C)CCCC1(C)CCc2c(C)c(O)c(C)c(C)c2O1. The molecule has 116 valence electrons. The van der Waals surface area contributed by atoms with Gasteiger partial charge in [-0.1, -0.05) is 5.57 Å². The van der Waals surface area contributed by atoms with Gasteiger partial charge in [0, 0.05) is 5.56 Å². The highest BCUT2D eigenvalue weighted by Gasteiger charge is 2.34. The van der Waals surface area contributed by atoms with E-state index in [-0.39, 0.29) is 5.60 Å². The molecule has 2 nitrogen and oxygen atoms in total. The summed E-state index contributed by atoms with van der Waals surface area (Å²) >= 11 is 0. The summed E-state index contributed by atoms with van der Waals surface area (Å²) in [6, 6.07) is 0. The zero-order valence-electron chi connectivity index (χ0n) is 14.1. The topological polar surface area (TPSA) is 29.5 Å².